The van der Waals surface area contributed by atoms with Crippen LogP contribution in [0.2, 0.25) is 0 Å². The van der Waals surface area contributed by atoms with E-state index in [2.05, 4.69) is 20.1 Å². The largest absolute Gasteiger partial charge is 0.416 e. The SMILES string of the molecule is Cc1nn(CC(F)F)c2nc(N3CCC4(CC3)CC(=O)N(c3cc(C(F)(F)F)ccn3)C4)ncc12. The number of carbonyl (C=O) groups excluding carboxylic acids is 1. The molecule has 3 aromatic heterocycles. The topological polar surface area (TPSA) is 80.0 Å². The normalized spacial score (nSPS) is 18.4. The number of halogens is 5. The minimum atomic E-state index is -4.52. The summed E-state index contributed by atoms with van der Waals surface area (Å²) >= 11 is 0. The highest BCUT2D eigenvalue weighted by Gasteiger charge is 2.46. The van der Waals surface area contributed by atoms with Gasteiger partial charge in [0.25, 0.3) is 6.43 Å². The van der Waals surface area contributed by atoms with E-state index in [4.69, 9.17) is 0 Å². The Morgan fingerprint density at radius 2 is 1.91 bits per heavy atom. The van der Waals surface area contributed by atoms with E-state index in [1.165, 1.54) is 9.58 Å². The fraction of sp³-hybridized carbons (Fsp3) is 0.500. The van der Waals surface area contributed by atoms with Gasteiger partial charge in [0.2, 0.25) is 11.9 Å². The zero-order valence-electron chi connectivity index (χ0n) is 18.8. The van der Waals surface area contributed by atoms with E-state index in [1.54, 1.807) is 13.1 Å². The van der Waals surface area contributed by atoms with E-state index < -0.39 is 24.7 Å². The maximum absolute atomic E-state index is 13.1. The summed E-state index contributed by atoms with van der Waals surface area (Å²) in [5, 5.41) is 4.74. The van der Waals surface area contributed by atoms with E-state index in [1.807, 2.05) is 4.90 Å². The summed E-state index contributed by atoms with van der Waals surface area (Å²) in [4.78, 5) is 28.9. The first-order valence-corrected chi connectivity index (χ1v) is 11.1. The van der Waals surface area contributed by atoms with Gasteiger partial charge in [-0.2, -0.15) is 23.3 Å². The number of aryl methyl sites for hydroxylation is 1. The molecule has 35 heavy (non-hydrogen) atoms. The first-order chi connectivity index (χ1) is 16.5. The molecule has 0 radical (unpaired) electrons. The number of fused-ring (bicyclic) bond motifs is 1. The molecule has 2 aliphatic heterocycles. The van der Waals surface area contributed by atoms with E-state index in [0.29, 0.717) is 48.6 Å². The molecule has 13 heteroatoms. The summed E-state index contributed by atoms with van der Waals surface area (Å²) in [7, 11) is 0. The Labute approximate surface area is 196 Å². The number of hydrogen-bond acceptors (Lipinski definition) is 6. The lowest BCUT2D eigenvalue weighted by Gasteiger charge is -2.38. The van der Waals surface area contributed by atoms with Crippen LogP contribution in [0.3, 0.4) is 0 Å². The van der Waals surface area contributed by atoms with E-state index >= 15 is 0 Å². The van der Waals surface area contributed by atoms with Gasteiger partial charge in [0.05, 0.1) is 16.6 Å². The molecule has 0 unspecified atom stereocenters. The monoisotopic (exact) mass is 495 g/mol. The summed E-state index contributed by atoms with van der Waals surface area (Å²) in [5.74, 6) is 0.137. The lowest BCUT2D eigenvalue weighted by molar-refractivity contribution is -0.137. The van der Waals surface area contributed by atoms with Gasteiger partial charge in [-0.25, -0.2) is 23.4 Å². The number of aromatic nitrogens is 5. The van der Waals surface area contributed by atoms with Crippen molar-refractivity contribution in [1.29, 1.82) is 0 Å². The lowest BCUT2D eigenvalue weighted by atomic mass is 9.77. The molecule has 0 aliphatic carbocycles. The number of amides is 1. The maximum Gasteiger partial charge on any atom is 0.416 e. The van der Waals surface area contributed by atoms with Crippen LogP contribution < -0.4 is 9.80 Å². The summed E-state index contributed by atoms with van der Waals surface area (Å²) < 4.78 is 66.4. The molecule has 0 aromatic carbocycles. The third-order valence-electron chi connectivity index (χ3n) is 6.75. The Morgan fingerprint density at radius 1 is 1.17 bits per heavy atom. The quantitative estimate of drug-likeness (QED) is 0.512. The third kappa shape index (κ3) is 4.39. The first kappa shape index (κ1) is 23.4. The molecule has 186 valence electrons. The number of anilines is 2. The Hall–Kier alpha value is -3.38. The molecule has 2 fully saturated rings. The highest BCUT2D eigenvalue weighted by Crippen LogP contribution is 2.43. The van der Waals surface area contributed by atoms with Crippen LogP contribution in [-0.2, 0) is 17.5 Å². The fourth-order valence-corrected chi connectivity index (χ4v) is 4.87. The van der Waals surface area contributed by atoms with Gasteiger partial charge in [-0.3, -0.25) is 9.69 Å². The number of hydrogen-bond donors (Lipinski definition) is 0. The maximum atomic E-state index is 13.1. The number of piperidine rings is 1. The van der Waals surface area contributed by atoms with Crippen LogP contribution in [0, 0.1) is 12.3 Å². The highest BCUT2D eigenvalue weighted by molar-refractivity contribution is 5.95. The lowest BCUT2D eigenvalue weighted by Crippen LogP contribution is -2.42. The van der Waals surface area contributed by atoms with Crippen LogP contribution in [0.5, 0.6) is 0 Å². The van der Waals surface area contributed by atoms with Crippen LogP contribution >= 0.6 is 0 Å². The standard InChI is InChI=1S/C22H22F5N7O/c1-13-15-10-29-20(30-19(15)34(31-13)11-16(23)24)32-6-3-21(4-7-32)9-18(35)33(12-21)17-8-14(2-5-28-17)22(25,26)27/h2,5,8,10,16H,3-4,6-7,9,11-12H2,1H3. The van der Waals surface area contributed by atoms with Crippen molar-refractivity contribution >= 4 is 28.7 Å². The molecule has 0 atom stereocenters. The van der Waals surface area contributed by atoms with Crippen molar-refractivity contribution < 1.29 is 26.7 Å². The molecule has 0 saturated carbocycles. The number of pyridine rings is 1. The van der Waals surface area contributed by atoms with Crippen molar-refractivity contribution in [2.24, 2.45) is 5.41 Å². The summed E-state index contributed by atoms with van der Waals surface area (Å²) in [6, 6.07) is 1.78. The minimum absolute atomic E-state index is 0.000534. The van der Waals surface area contributed by atoms with Gasteiger partial charge in [0.15, 0.2) is 5.65 Å². The fourth-order valence-electron chi connectivity index (χ4n) is 4.87. The Bertz CT molecular complexity index is 1270. The predicted octanol–water partition coefficient (Wildman–Crippen LogP) is 3.84. The summed E-state index contributed by atoms with van der Waals surface area (Å²) in [5.41, 5.74) is -0.329. The van der Waals surface area contributed by atoms with Gasteiger partial charge in [0.1, 0.15) is 12.4 Å². The van der Waals surface area contributed by atoms with Crippen LogP contribution in [0.1, 0.15) is 30.5 Å². The number of nitrogens with zero attached hydrogens (tertiary/aromatic N) is 7. The number of rotatable bonds is 4. The molecular weight excluding hydrogens is 473 g/mol. The first-order valence-electron chi connectivity index (χ1n) is 11.1. The molecule has 1 amide bonds. The van der Waals surface area contributed by atoms with E-state index in [-0.39, 0.29) is 30.1 Å². The third-order valence-corrected chi connectivity index (χ3v) is 6.75. The summed E-state index contributed by atoms with van der Waals surface area (Å²) in [6.45, 7) is 2.47. The van der Waals surface area contributed by atoms with Gasteiger partial charge in [-0.05, 0) is 31.9 Å². The molecule has 3 aromatic rings. The van der Waals surface area contributed by atoms with Crippen molar-refractivity contribution in [3.63, 3.8) is 0 Å². The molecule has 1 spiro atoms. The zero-order valence-corrected chi connectivity index (χ0v) is 18.8. The minimum Gasteiger partial charge on any atom is -0.341 e. The second-order valence-corrected chi connectivity index (χ2v) is 9.11. The molecule has 2 aliphatic rings. The average Bonchev–Trinajstić information content (AvgIpc) is 3.29. The van der Waals surface area contributed by atoms with Crippen molar-refractivity contribution in [3.8, 4) is 0 Å². The molecular formula is C22H22F5N7O. The summed E-state index contributed by atoms with van der Waals surface area (Å²) in [6.07, 6.45) is -3.03. The second-order valence-electron chi connectivity index (χ2n) is 9.11. The molecule has 5 heterocycles. The van der Waals surface area contributed by atoms with Crippen LogP contribution in [0.15, 0.2) is 24.5 Å². The van der Waals surface area contributed by atoms with E-state index in [9.17, 15) is 26.7 Å². The molecule has 0 N–H and O–H groups in total. The van der Waals surface area contributed by atoms with E-state index in [0.717, 1.165) is 18.3 Å². The smallest absolute Gasteiger partial charge is 0.341 e. The second kappa shape index (κ2) is 8.38. The van der Waals surface area contributed by atoms with Gasteiger partial charge in [-0.1, -0.05) is 0 Å². The molecule has 2 saturated heterocycles. The van der Waals surface area contributed by atoms with Gasteiger partial charge >= 0.3 is 6.18 Å². The highest BCUT2D eigenvalue weighted by atomic mass is 19.4. The van der Waals surface area contributed by atoms with Crippen LogP contribution in [0.25, 0.3) is 11.0 Å². The molecule has 0 bridgehead atoms. The van der Waals surface area contributed by atoms with Crippen molar-refractivity contribution in [2.75, 3.05) is 29.4 Å². The average molecular weight is 495 g/mol. The Kier molecular flexibility index (Phi) is 5.59. The van der Waals surface area contributed by atoms with Crippen LogP contribution in [-0.4, -0.2) is 56.7 Å². The predicted molar refractivity (Wildman–Crippen MR) is 116 cm³/mol. The number of alkyl halides is 5. The van der Waals surface area contributed by atoms with Gasteiger partial charge < -0.3 is 4.90 Å². The van der Waals surface area contributed by atoms with Gasteiger partial charge in [-0.15, -0.1) is 0 Å². The van der Waals surface area contributed by atoms with Crippen molar-refractivity contribution in [2.45, 2.75) is 45.3 Å². The molecule has 8 nitrogen and oxygen atoms in total. The number of carbonyl (C=O) groups is 1. The Balaban J connectivity index is 1.32. The Morgan fingerprint density at radius 3 is 2.60 bits per heavy atom. The molecule has 5 rings (SSSR count). The zero-order chi connectivity index (χ0) is 25.0. The van der Waals surface area contributed by atoms with Crippen molar-refractivity contribution in [3.05, 3.63) is 35.8 Å². The van der Waals surface area contributed by atoms with Gasteiger partial charge in [0, 0.05) is 43.9 Å². The van der Waals surface area contributed by atoms with Crippen LogP contribution in [0.4, 0.5) is 33.7 Å². The van der Waals surface area contributed by atoms with Crippen molar-refractivity contribution in [1.82, 2.24) is 24.7 Å².